The molecule has 102 valence electrons. The zero-order valence-electron chi connectivity index (χ0n) is 11.5. The molecule has 1 unspecified atom stereocenters. The Morgan fingerprint density at radius 3 is 2.47 bits per heavy atom. The topological polar surface area (TPSA) is 73.4 Å². The molecule has 0 N–H and O–H groups in total. The van der Waals surface area contributed by atoms with Gasteiger partial charge in [0.05, 0.1) is 17.8 Å². The van der Waals surface area contributed by atoms with Crippen molar-refractivity contribution in [2.45, 2.75) is 26.8 Å². The van der Waals surface area contributed by atoms with Crippen LogP contribution in [0.3, 0.4) is 0 Å². The van der Waals surface area contributed by atoms with Gasteiger partial charge in [0.2, 0.25) is 5.76 Å². The van der Waals surface area contributed by atoms with E-state index in [0.717, 1.165) is 0 Å². The van der Waals surface area contributed by atoms with Crippen molar-refractivity contribution < 1.29 is 9.21 Å². The van der Waals surface area contributed by atoms with Crippen LogP contribution in [0, 0.1) is 25.2 Å². The quantitative estimate of drug-likeness (QED) is 0.793. The minimum Gasteiger partial charge on any atom is -0.436 e. The molecule has 0 aliphatic carbocycles. The third-order valence-electron chi connectivity index (χ3n) is 3.43. The highest BCUT2D eigenvalue weighted by Crippen LogP contribution is 2.14. The number of carbonyl (C=O) groups excluding carboxylic acids is 1. The van der Waals surface area contributed by atoms with Crippen molar-refractivity contribution in [2.75, 3.05) is 26.2 Å². The van der Waals surface area contributed by atoms with Gasteiger partial charge in [-0.1, -0.05) is 0 Å². The Kier molecular flexibility index (Phi) is 3.86. The van der Waals surface area contributed by atoms with Gasteiger partial charge in [-0.15, -0.1) is 0 Å². The van der Waals surface area contributed by atoms with E-state index in [-0.39, 0.29) is 11.9 Å². The van der Waals surface area contributed by atoms with Crippen LogP contribution >= 0.6 is 0 Å². The molecule has 1 aromatic rings. The molecule has 1 atom stereocenters. The average molecular weight is 262 g/mol. The van der Waals surface area contributed by atoms with Crippen LogP contribution in [0.5, 0.6) is 0 Å². The van der Waals surface area contributed by atoms with Crippen molar-refractivity contribution in [3.05, 3.63) is 17.3 Å². The SMILES string of the molecule is Cc1nc(C)c(C(=O)N2CCN(C(C)C#N)CC2)o1. The van der Waals surface area contributed by atoms with E-state index >= 15 is 0 Å². The van der Waals surface area contributed by atoms with E-state index < -0.39 is 0 Å². The summed E-state index contributed by atoms with van der Waals surface area (Å²) < 4.78 is 5.36. The number of nitriles is 1. The Hall–Kier alpha value is -1.87. The van der Waals surface area contributed by atoms with Crippen LogP contribution in [0.4, 0.5) is 0 Å². The van der Waals surface area contributed by atoms with Crippen molar-refractivity contribution in [3.8, 4) is 6.07 Å². The van der Waals surface area contributed by atoms with Crippen LogP contribution in [-0.2, 0) is 0 Å². The summed E-state index contributed by atoms with van der Waals surface area (Å²) in [5.74, 6) is 0.735. The number of amides is 1. The van der Waals surface area contributed by atoms with Gasteiger partial charge in [0.15, 0.2) is 5.89 Å². The first-order chi connectivity index (χ1) is 9.02. The highest BCUT2D eigenvalue weighted by molar-refractivity contribution is 5.92. The first-order valence-electron chi connectivity index (χ1n) is 6.40. The van der Waals surface area contributed by atoms with Crippen LogP contribution in [-0.4, -0.2) is 52.9 Å². The number of hydrogen-bond acceptors (Lipinski definition) is 5. The number of nitrogens with zero attached hydrogens (tertiary/aromatic N) is 4. The predicted molar refractivity (Wildman–Crippen MR) is 68.5 cm³/mol. The van der Waals surface area contributed by atoms with Gasteiger partial charge in [-0.05, 0) is 13.8 Å². The van der Waals surface area contributed by atoms with Gasteiger partial charge in [0.1, 0.15) is 0 Å². The van der Waals surface area contributed by atoms with Gasteiger partial charge in [0.25, 0.3) is 5.91 Å². The molecule has 0 saturated carbocycles. The van der Waals surface area contributed by atoms with E-state index in [1.165, 1.54) is 0 Å². The van der Waals surface area contributed by atoms with Crippen molar-refractivity contribution in [3.63, 3.8) is 0 Å². The molecule has 19 heavy (non-hydrogen) atoms. The maximum atomic E-state index is 12.3. The third-order valence-corrected chi connectivity index (χ3v) is 3.43. The average Bonchev–Trinajstić information content (AvgIpc) is 2.76. The molecule has 1 aromatic heterocycles. The van der Waals surface area contributed by atoms with E-state index in [0.29, 0.717) is 43.5 Å². The summed E-state index contributed by atoms with van der Waals surface area (Å²) in [6.45, 7) is 8.04. The number of carbonyl (C=O) groups is 1. The largest absolute Gasteiger partial charge is 0.436 e. The third kappa shape index (κ3) is 2.76. The molecule has 1 aliphatic rings. The normalized spacial score (nSPS) is 18.1. The Morgan fingerprint density at radius 2 is 2.00 bits per heavy atom. The smallest absolute Gasteiger partial charge is 0.291 e. The lowest BCUT2D eigenvalue weighted by Crippen LogP contribution is -2.51. The van der Waals surface area contributed by atoms with Crippen LogP contribution in [0.25, 0.3) is 0 Å². The first-order valence-corrected chi connectivity index (χ1v) is 6.40. The number of aromatic nitrogens is 1. The molecular formula is C13H18N4O2. The predicted octanol–water partition coefficient (Wildman–Crippen LogP) is 0.961. The van der Waals surface area contributed by atoms with Crippen LogP contribution in [0.1, 0.15) is 29.1 Å². The molecule has 2 heterocycles. The summed E-state index contributed by atoms with van der Waals surface area (Å²) in [5, 5.41) is 8.88. The number of rotatable bonds is 2. The van der Waals surface area contributed by atoms with E-state index in [1.807, 2.05) is 6.92 Å². The van der Waals surface area contributed by atoms with Gasteiger partial charge >= 0.3 is 0 Å². The fourth-order valence-corrected chi connectivity index (χ4v) is 2.27. The summed E-state index contributed by atoms with van der Waals surface area (Å²) in [7, 11) is 0. The van der Waals surface area contributed by atoms with Crippen LogP contribution in [0.2, 0.25) is 0 Å². The standard InChI is InChI=1S/C13H18N4O2/c1-9(8-14)16-4-6-17(7-5-16)13(18)12-10(2)15-11(3)19-12/h9H,4-7H2,1-3H3. The fraction of sp³-hybridized carbons (Fsp3) is 0.615. The molecule has 2 rings (SSSR count). The van der Waals surface area contributed by atoms with Gasteiger partial charge < -0.3 is 9.32 Å². The molecule has 6 nitrogen and oxygen atoms in total. The molecule has 0 bridgehead atoms. The summed E-state index contributed by atoms with van der Waals surface area (Å²) in [6, 6.07) is 2.11. The molecule has 0 aromatic carbocycles. The van der Waals surface area contributed by atoms with Crippen molar-refractivity contribution >= 4 is 5.91 Å². The van der Waals surface area contributed by atoms with Gasteiger partial charge in [-0.3, -0.25) is 9.69 Å². The number of aryl methyl sites for hydroxylation is 2. The van der Waals surface area contributed by atoms with Crippen molar-refractivity contribution in [1.29, 1.82) is 5.26 Å². The summed E-state index contributed by atoms with van der Waals surface area (Å²) in [5.41, 5.74) is 0.635. The number of piperazine rings is 1. The van der Waals surface area contributed by atoms with Crippen molar-refractivity contribution in [2.24, 2.45) is 0 Å². The summed E-state index contributed by atoms with van der Waals surface area (Å²) in [4.78, 5) is 20.2. The lowest BCUT2D eigenvalue weighted by atomic mass is 10.2. The lowest BCUT2D eigenvalue weighted by molar-refractivity contribution is 0.0583. The Morgan fingerprint density at radius 1 is 1.37 bits per heavy atom. The molecule has 1 fully saturated rings. The molecule has 1 amide bonds. The maximum Gasteiger partial charge on any atom is 0.291 e. The number of hydrogen-bond donors (Lipinski definition) is 0. The zero-order valence-corrected chi connectivity index (χ0v) is 11.5. The summed E-state index contributed by atoms with van der Waals surface area (Å²) >= 11 is 0. The van der Waals surface area contributed by atoms with E-state index in [1.54, 1.807) is 18.7 Å². The Labute approximate surface area is 112 Å². The zero-order chi connectivity index (χ0) is 14.0. The highest BCUT2D eigenvalue weighted by atomic mass is 16.4. The minimum absolute atomic E-state index is 0.105. The molecule has 1 aliphatic heterocycles. The molecule has 6 heteroatoms. The van der Waals surface area contributed by atoms with Gasteiger partial charge in [0, 0.05) is 33.1 Å². The van der Waals surface area contributed by atoms with Crippen LogP contribution < -0.4 is 0 Å². The van der Waals surface area contributed by atoms with E-state index in [2.05, 4.69) is 16.0 Å². The highest BCUT2D eigenvalue weighted by Gasteiger charge is 2.27. The Bertz CT molecular complexity index is 509. The maximum absolute atomic E-state index is 12.3. The Balaban J connectivity index is 2.00. The monoisotopic (exact) mass is 262 g/mol. The van der Waals surface area contributed by atoms with E-state index in [9.17, 15) is 4.79 Å². The van der Waals surface area contributed by atoms with Crippen LogP contribution in [0.15, 0.2) is 4.42 Å². The minimum atomic E-state index is -0.109. The van der Waals surface area contributed by atoms with Gasteiger partial charge in [-0.25, -0.2) is 4.98 Å². The summed E-state index contributed by atoms with van der Waals surface area (Å²) in [6.07, 6.45) is 0. The molecule has 0 radical (unpaired) electrons. The molecule has 0 spiro atoms. The number of oxazole rings is 1. The van der Waals surface area contributed by atoms with Gasteiger partial charge in [-0.2, -0.15) is 5.26 Å². The molecular weight excluding hydrogens is 244 g/mol. The lowest BCUT2D eigenvalue weighted by Gasteiger charge is -2.35. The second-order valence-electron chi connectivity index (χ2n) is 4.78. The van der Waals surface area contributed by atoms with Crippen molar-refractivity contribution in [1.82, 2.24) is 14.8 Å². The second kappa shape index (κ2) is 5.41. The first kappa shape index (κ1) is 13.6. The second-order valence-corrected chi connectivity index (χ2v) is 4.78. The fourth-order valence-electron chi connectivity index (χ4n) is 2.27. The molecule has 1 saturated heterocycles. The van der Waals surface area contributed by atoms with E-state index in [4.69, 9.17) is 9.68 Å².